The number of Topliss-reactive ketones (excluding diaryl/α,β-unsaturated/α-hetero) is 1. The molecule has 0 unspecified atom stereocenters. The van der Waals surface area contributed by atoms with Crippen LogP contribution in [0.15, 0.2) is 48.7 Å². The van der Waals surface area contributed by atoms with Crippen LogP contribution in [0.5, 0.6) is 11.6 Å². The van der Waals surface area contributed by atoms with E-state index in [4.69, 9.17) is 4.74 Å². The van der Waals surface area contributed by atoms with Crippen molar-refractivity contribution in [3.8, 4) is 11.6 Å². The zero-order valence-electron chi connectivity index (χ0n) is 15.4. The lowest BCUT2D eigenvalue weighted by atomic mass is 10.1. The Labute approximate surface area is 168 Å². The maximum absolute atomic E-state index is 13.5. The number of ether oxygens (including phenoxy) is 1. The Hall–Kier alpha value is -3.75. The van der Waals surface area contributed by atoms with Crippen LogP contribution in [0.2, 0.25) is 0 Å². The van der Waals surface area contributed by atoms with E-state index in [1.807, 2.05) is 0 Å². The van der Waals surface area contributed by atoms with E-state index in [1.54, 1.807) is 24.3 Å². The summed E-state index contributed by atoms with van der Waals surface area (Å²) in [6, 6.07) is 11.0. The summed E-state index contributed by atoms with van der Waals surface area (Å²) < 4.78 is 45.9. The highest BCUT2D eigenvalue weighted by Gasteiger charge is 2.37. The van der Waals surface area contributed by atoms with Crippen molar-refractivity contribution >= 4 is 23.7 Å². The number of hydrogen-bond donors (Lipinski definition) is 1. The second-order valence-electron chi connectivity index (χ2n) is 6.59. The van der Waals surface area contributed by atoms with Crippen LogP contribution in [0.4, 0.5) is 24.8 Å². The fourth-order valence-electron chi connectivity index (χ4n) is 3.14. The molecular weight excluding hydrogens is 399 g/mol. The number of nitrogens with zero attached hydrogens (tertiary/aromatic N) is 2. The molecule has 0 aliphatic heterocycles. The first-order valence-electron chi connectivity index (χ1n) is 8.94. The zero-order chi connectivity index (χ0) is 21.3. The minimum atomic E-state index is -4.75. The zero-order valence-corrected chi connectivity index (χ0v) is 15.4. The molecule has 0 saturated carbocycles. The van der Waals surface area contributed by atoms with Gasteiger partial charge in [-0.2, -0.15) is 18.2 Å². The van der Waals surface area contributed by atoms with Gasteiger partial charge in [-0.05, 0) is 42.3 Å². The number of halogens is 3. The molecule has 9 heteroatoms. The number of aromatic nitrogens is 2. The van der Waals surface area contributed by atoms with Crippen LogP contribution in [-0.4, -0.2) is 22.0 Å². The van der Waals surface area contributed by atoms with Crippen LogP contribution in [-0.2, 0) is 12.6 Å². The van der Waals surface area contributed by atoms with Gasteiger partial charge in [0.05, 0.1) is 5.56 Å². The van der Waals surface area contributed by atoms with Gasteiger partial charge < -0.3 is 10.1 Å². The number of aryl methyl sites for hydroxylation is 1. The van der Waals surface area contributed by atoms with Crippen molar-refractivity contribution in [1.82, 2.24) is 9.97 Å². The van der Waals surface area contributed by atoms with Gasteiger partial charge in [-0.25, -0.2) is 4.98 Å². The summed E-state index contributed by atoms with van der Waals surface area (Å²) in [5, 5.41) is 2.77. The Morgan fingerprint density at radius 2 is 1.83 bits per heavy atom. The molecule has 1 aromatic heterocycles. The van der Waals surface area contributed by atoms with E-state index in [1.165, 1.54) is 18.2 Å². The Morgan fingerprint density at radius 3 is 2.53 bits per heavy atom. The number of benzene rings is 2. The van der Waals surface area contributed by atoms with Gasteiger partial charge in [0.15, 0.2) is 5.78 Å². The van der Waals surface area contributed by atoms with E-state index in [0.29, 0.717) is 30.2 Å². The quantitative estimate of drug-likeness (QED) is 0.595. The normalized spacial score (nSPS) is 13.1. The lowest BCUT2D eigenvalue weighted by molar-refractivity contribution is -0.139. The second kappa shape index (κ2) is 7.58. The molecule has 1 N–H and O–H groups in total. The number of carbonyl (C=O) groups excluding carboxylic acids is 2. The number of carbonyl (C=O) groups is 2. The number of fused-ring (bicyclic) bond motifs is 1. The average molecular weight is 413 g/mol. The van der Waals surface area contributed by atoms with Gasteiger partial charge in [-0.1, -0.05) is 12.1 Å². The number of aldehydes is 1. The summed E-state index contributed by atoms with van der Waals surface area (Å²) in [6.45, 7) is 0. The minimum Gasteiger partial charge on any atom is -0.437 e. The first-order valence-corrected chi connectivity index (χ1v) is 8.94. The third-order valence-electron chi connectivity index (χ3n) is 4.58. The minimum absolute atomic E-state index is 0.0282. The van der Waals surface area contributed by atoms with E-state index in [-0.39, 0.29) is 29.5 Å². The van der Waals surface area contributed by atoms with Crippen LogP contribution >= 0.6 is 0 Å². The van der Waals surface area contributed by atoms with Gasteiger partial charge in [-0.15, -0.1) is 0 Å². The van der Waals surface area contributed by atoms with E-state index < -0.39 is 17.6 Å². The monoisotopic (exact) mass is 413 g/mol. The van der Waals surface area contributed by atoms with Crippen LogP contribution < -0.4 is 10.1 Å². The number of nitrogens with one attached hydrogen (secondary N) is 1. The summed E-state index contributed by atoms with van der Waals surface area (Å²) in [5.41, 5.74) is 0.770. The number of ketones is 1. The van der Waals surface area contributed by atoms with E-state index in [2.05, 4.69) is 15.3 Å². The summed E-state index contributed by atoms with van der Waals surface area (Å²) >= 11 is 0. The Kier molecular flexibility index (Phi) is 4.94. The fourth-order valence-corrected chi connectivity index (χ4v) is 3.14. The molecule has 4 rings (SSSR count). The fraction of sp³-hybridized carbons (Fsp3) is 0.143. The van der Waals surface area contributed by atoms with Gasteiger partial charge >= 0.3 is 6.18 Å². The molecule has 1 aliphatic rings. The Balaban J connectivity index is 1.70. The molecule has 152 valence electrons. The summed E-state index contributed by atoms with van der Waals surface area (Å²) in [7, 11) is 0. The molecule has 6 nitrogen and oxygen atoms in total. The number of alkyl halides is 3. The van der Waals surface area contributed by atoms with Crippen LogP contribution in [0, 0.1) is 0 Å². The predicted molar refractivity (Wildman–Crippen MR) is 101 cm³/mol. The highest BCUT2D eigenvalue weighted by Crippen LogP contribution is 2.39. The van der Waals surface area contributed by atoms with Gasteiger partial charge in [-0.3, -0.25) is 9.59 Å². The largest absolute Gasteiger partial charge is 0.437 e. The predicted octanol–water partition coefficient (Wildman–Crippen LogP) is 4.97. The first-order chi connectivity index (χ1) is 14.3. The molecule has 0 fully saturated rings. The van der Waals surface area contributed by atoms with Gasteiger partial charge in [0.25, 0.3) is 0 Å². The first kappa shape index (κ1) is 19.6. The standard InChI is InChI=1S/C21H14F3N3O3/c22-21(23,24)15-10-25-20(26-14-7-4-12(11-28)5-8-14)27-19(15)30-17-3-1-2-13-6-9-16(29)18(13)17/h1-5,7-8,10-11H,6,9H2,(H,25,26,27). The van der Waals surface area contributed by atoms with Crippen molar-refractivity contribution in [2.75, 3.05) is 5.32 Å². The van der Waals surface area contributed by atoms with Crippen LogP contribution in [0.25, 0.3) is 0 Å². The van der Waals surface area contributed by atoms with Gasteiger partial charge in [0.1, 0.15) is 17.6 Å². The van der Waals surface area contributed by atoms with E-state index >= 15 is 0 Å². The average Bonchev–Trinajstić information content (AvgIpc) is 3.10. The maximum Gasteiger partial charge on any atom is 0.423 e. The van der Waals surface area contributed by atoms with Crippen molar-refractivity contribution in [2.45, 2.75) is 19.0 Å². The van der Waals surface area contributed by atoms with Crippen molar-refractivity contribution in [3.63, 3.8) is 0 Å². The molecule has 2 aromatic carbocycles. The van der Waals surface area contributed by atoms with Crippen molar-refractivity contribution in [2.24, 2.45) is 0 Å². The third kappa shape index (κ3) is 3.86. The smallest absolute Gasteiger partial charge is 0.423 e. The second-order valence-corrected chi connectivity index (χ2v) is 6.59. The highest BCUT2D eigenvalue weighted by molar-refractivity contribution is 6.03. The Bertz CT molecular complexity index is 1130. The van der Waals surface area contributed by atoms with Gasteiger partial charge in [0.2, 0.25) is 11.8 Å². The maximum atomic E-state index is 13.5. The van der Waals surface area contributed by atoms with Crippen LogP contribution in [0.3, 0.4) is 0 Å². The van der Waals surface area contributed by atoms with Crippen molar-refractivity contribution in [3.05, 3.63) is 70.9 Å². The van der Waals surface area contributed by atoms with E-state index in [9.17, 15) is 22.8 Å². The molecular formula is C21H14F3N3O3. The molecule has 30 heavy (non-hydrogen) atoms. The highest BCUT2D eigenvalue weighted by atomic mass is 19.4. The molecule has 3 aromatic rings. The topological polar surface area (TPSA) is 81.2 Å². The summed E-state index contributed by atoms with van der Waals surface area (Å²) in [4.78, 5) is 30.5. The number of anilines is 2. The van der Waals surface area contributed by atoms with Crippen molar-refractivity contribution in [1.29, 1.82) is 0 Å². The number of rotatable bonds is 5. The molecule has 1 aliphatic carbocycles. The van der Waals surface area contributed by atoms with Crippen molar-refractivity contribution < 1.29 is 27.5 Å². The Morgan fingerprint density at radius 1 is 1.07 bits per heavy atom. The lowest BCUT2D eigenvalue weighted by Gasteiger charge is -2.15. The lowest BCUT2D eigenvalue weighted by Crippen LogP contribution is -2.11. The summed E-state index contributed by atoms with van der Waals surface area (Å²) in [5.74, 6) is -0.995. The molecule has 0 bridgehead atoms. The third-order valence-corrected chi connectivity index (χ3v) is 4.58. The van der Waals surface area contributed by atoms with Crippen LogP contribution in [0.1, 0.15) is 38.3 Å². The molecule has 0 radical (unpaired) electrons. The molecule has 0 atom stereocenters. The molecule has 0 spiro atoms. The number of hydrogen-bond acceptors (Lipinski definition) is 6. The van der Waals surface area contributed by atoms with Gasteiger partial charge in [0, 0.05) is 23.9 Å². The SMILES string of the molecule is O=Cc1ccc(Nc2ncc(C(F)(F)F)c(Oc3cccc4c3C(=O)CC4)n2)cc1. The molecule has 0 amide bonds. The molecule has 0 saturated heterocycles. The van der Waals surface area contributed by atoms with E-state index in [0.717, 1.165) is 5.56 Å². The molecule has 1 heterocycles. The summed E-state index contributed by atoms with van der Waals surface area (Å²) in [6.07, 6.45) is -2.65.